The number of hydrogen-bond acceptors (Lipinski definition) is 7. The highest BCUT2D eigenvalue weighted by molar-refractivity contribution is 8.00. The van der Waals surface area contributed by atoms with Crippen LogP contribution in [0.15, 0.2) is 54.6 Å². The number of rotatable bonds is 12. The first kappa shape index (κ1) is 30.8. The van der Waals surface area contributed by atoms with Gasteiger partial charge in [-0.1, -0.05) is 54.6 Å². The zero-order valence-electron chi connectivity index (χ0n) is 23.0. The molecule has 3 atom stereocenters. The average Bonchev–Trinajstić information content (AvgIpc) is 3.24. The summed E-state index contributed by atoms with van der Waals surface area (Å²) in [4.78, 5) is 41.0. The van der Waals surface area contributed by atoms with Crippen LogP contribution in [-0.2, 0) is 27.3 Å². The standard InChI is InChI=1S/C29H39N3O5S2/c1-20-11-8-9-14-22(20)18-30-26(34)25-29(2,3)39-19-32(25)27(35)24(33)23(17-21-12-6-5-7-13-21)31-28(36)37-15-10-16-38-4/h5-9,11-14,23-25,33H,10,15-19H2,1-4H3,(H,30,34)(H,31,36). The van der Waals surface area contributed by atoms with Gasteiger partial charge >= 0.3 is 6.09 Å². The van der Waals surface area contributed by atoms with Crippen molar-refractivity contribution in [2.45, 2.75) is 63.1 Å². The summed E-state index contributed by atoms with van der Waals surface area (Å²) in [6.45, 7) is 6.40. The van der Waals surface area contributed by atoms with Gasteiger partial charge in [-0.15, -0.1) is 11.8 Å². The van der Waals surface area contributed by atoms with Gasteiger partial charge in [-0.25, -0.2) is 4.79 Å². The maximum absolute atomic E-state index is 13.7. The first-order valence-electron chi connectivity index (χ1n) is 13.0. The maximum Gasteiger partial charge on any atom is 0.407 e. The first-order chi connectivity index (χ1) is 18.6. The van der Waals surface area contributed by atoms with Gasteiger partial charge in [-0.05, 0) is 62.3 Å². The summed E-state index contributed by atoms with van der Waals surface area (Å²) >= 11 is 3.14. The normalized spacial score (nSPS) is 17.8. The molecule has 0 spiro atoms. The topological polar surface area (TPSA) is 108 Å². The number of benzene rings is 2. The molecule has 0 saturated carbocycles. The summed E-state index contributed by atoms with van der Waals surface area (Å²) in [7, 11) is 0. The molecule has 10 heteroatoms. The van der Waals surface area contributed by atoms with Crippen LogP contribution >= 0.6 is 23.5 Å². The average molecular weight is 574 g/mol. The minimum Gasteiger partial charge on any atom is -0.450 e. The van der Waals surface area contributed by atoms with E-state index in [0.29, 0.717) is 13.0 Å². The third-order valence-corrected chi connectivity index (χ3v) is 8.82. The Bertz CT molecular complexity index is 1120. The quantitative estimate of drug-likeness (QED) is 0.332. The van der Waals surface area contributed by atoms with E-state index in [2.05, 4.69) is 10.6 Å². The second-order valence-corrected chi connectivity index (χ2v) is 12.7. The number of aliphatic hydroxyl groups excluding tert-OH is 1. The first-order valence-corrected chi connectivity index (χ1v) is 15.4. The summed E-state index contributed by atoms with van der Waals surface area (Å²) in [6, 6.07) is 15.4. The summed E-state index contributed by atoms with van der Waals surface area (Å²) in [5.74, 6) is 0.224. The molecule has 0 radical (unpaired) electrons. The molecule has 1 saturated heterocycles. The zero-order chi connectivity index (χ0) is 28.4. The van der Waals surface area contributed by atoms with Crippen molar-refractivity contribution in [1.29, 1.82) is 0 Å². The molecule has 212 valence electrons. The summed E-state index contributed by atoms with van der Waals surface area (Å²) < 4.78 is 4.71. The Morgan fingerprint density at radius 1 is 1.15 bits per heavy atom. The van der Waals surface area contributed by atoms with E-state index in [1.165, 1.54) is 16.7 Å². The Labute approximate surface area is 239 Å². The van der Waals surface area contributed by atoms with Crippen molar-refractivity contribution < 1.29 is 24.2 Å². The van der Waals surface area contributed by atoms with Gasteiger partial charge in [0.1, 0.15) is 6.04 Å². The lowest BCUT2D eigenvalue weighted by Gasteiger charge is -2.33. The van der Waals surface area contributed by atoms with Crippen LogP contribution in [0.3, 0.4) is 0 Å². The molecule has 3 amide bonds. The van der Waals surface area contributed by atoms with Gasteiger partial charge in [0, 0.05) is 11.3 Å². The number of amides is 3. The third kappa shape index (κ3) is 8.65. The molecule has 1 aliphatic heterocycles. The van der Waals surface area contributed by atoms with Gasteiger partial charge in [0.15, 0.2) is 6.10 Å². The Hall–Kier alpha value is -2.69. The molecule has 3 rings (SSSR count). The smallest absolute Gasteiger partial charge is 0.407 e. The highest BCUT2D eigenvalue weighted by atomic mass is 32.2. The number of aliphatic hydroxyl groups is 1. The molecule has 2 aromatic rings. The van der Waals surface area contributed by atoms with Crippen molar-refractivity contribution in [2.24, 2.45) is 0 Å². The number of alkyl carbamates (subject to hydrolysis) is 1. The minimum absolute atomic E-state index is 0.224. The van der Waals surface area contributed by atoms with Crippen molar-refractivity contribution in [3.63, 3.8) is 0 Å². The molecule has 0 bridgehead atoms. The fourth-order valence-corrected chi connectivity index (χ4v) is 6.06. The van der Waals surface area contributed by atoms with Crippen LogP contribution < -0.4 is 10.6 Å². The van der Waals surface area contributed by atoms with Crippen LogP contribution in [0.5, 0.6) is 0 Å². The molecular formula is C29H39N3O5S2. The summed E-state index contributed by atoms with van der Waals surface area (Å²) in [5.41, 5.74) is 2.91. The second kappa shape index (κ2) is 14.6. The fourth-order valence-electron chi connectivity index (χ4n) is 4.51. The van der Waals surface area contributed by atoms with E-state index in [1.807, 2.05) is 81.6 Å². The molecule has 1 aliphatic rings. The molecular weight excluding hydrogens is 534 g/mol. The van der Waals surface area contributed by atoms with E-state index in [-0.39, 0.29) is 24.8 Å². The van der Waals surface area contributed by atoms with Gasteiger partial charge in [-0.3, -0.25) is 9.59 Å². The minimum atomic E-state index is -1.56. The molecule has 3 unspecified atom stereocenters. The van der Waals surface area contributed by atoms with E-state index in [4.69, 9.17) is 4.74 Å². The van der Waals surface area contributed by atoms with E-state index in [9.17, 15) is 19.5 Å². The van der Waals surface area contributed by atoms with Crippen LogP contribution in [0.25, 0.3) is 0 Å². The second-order valence-electron chi connectivity index (χ2n) is 10.1. The van der Waals surface area contributed by atoms with Crippen molar-refractivity contribution in [2.75, 3.05) is 24.5 Å². The van der Waals surface area contributed by atoms with Crippen LogP contribution in [0, 0.1) is 6.92 Å². The number of carbonyl (C=O) groups excluding carboxylic acids is 3. The lowest BCUT2D eigenvalue weighted by Crippen LogP contribution is -2.58. The van der Waals surface area contributed by atoms with Gasteiger partial charge in [-0.2, -0.15) is 11.8 Å². The summed E-state index contributed by atoms with van der Waals surface area (Å²) in [6.07, 6.45) is 0.658. The van der Waals surface area contributed by atoms with Crippen molar-refractivity contribution in [3.05, 3.63) is 71.3 Å². The van der Waals surface area contributed by atoms with Gasteiger partial charge in [0.2, 0.25) is 5.91 Å². The van der Waals surface area contributed by atoms with Crippen molar-refractivity contribution in [3.8, 4) is 0 Å². The molecule has 1 heterocycles. The third-order valence-electron chi connectivity index (χ3n) is 6.75. The van der Waals surface area contributed by atoms with Crippen LogP contribution in [0.2, 0.25) is 0 Å². The van der Waals surface area contributed by atoms with E-state index in [0.717, 1.165) is 22.4 Å². The number of aryl methyl sites for hydroxylation is 1. The van der Waals surface area contributed by atoms with Crippen molar-refractivity contribution >= 4 is 41.4 Å². The Morgan fingerprint density at radius 2 is 1.85 bits per heavy atom. The van der Waals surface area contributed by atoms with E-state index in [1.54, 1.807) is 11.8 Å². The zero-order valence-corrected chi connectivity index (χ0v) is 24.6. The number of thioether (sulfide) groups is 2. The number of nitrogens with zero attached hydrogens (tertiary/aromatic N) is 1. The lowest BCUT2D eigenvalue weighted by molar-refractivity contribution is -0.147. The predicted octanol–water partition coefficient (Wildman–Crippen LogP) is 3.74. The number of ether oxygens (including phenoxy) is 1. The lowest BCUT2D eigenvalue weighted by atomic mass is 9.97. The fraction of sp³-hybridized carbons (Fsp3) is 0.483. The van der Waals surface area contributed by atoms with Gasteiger partial charge < -0.3 is 25.4 Å². The molecule has 0 aromatic heterocycles. The SMILES string of the molecule is CSCCCOC(=O)NC(Cc1ccccc1)C(O)C(=O)N1CSC(C)(C)C1C(=O)NCc1ccccc1C. The molecule has 39 heavy (non-hydrogen) atoms. The van der Waals surface area contributed by atoms with E-state index >= 15 is 0 Å². The highest BCUT2D eigenvalue weighted by Gasteiger charge is 2.49. The number of carbonyl (C=O) groups is 3. The summed E-state index contributed by atoms with van der Waals surface area (Å²) in [5, 5.41) is 16.9. The molecule has 3 N–H and O–H groups in total. The number of nitrogens with one attached hydrogen (secondary N) is 2. The maximum atomic E-state index is 13.7. The van der Waals surface area contributed by atoms with Crippen LogP contribution in [-0.4, -0.2) is 75.3 Å². The Balaban J connectivity index is 1.74. The largest absolute Gasteiger partial charge is 0.450 e. The Kier molecular flexibility index (Phi) is 11.6. The molecule has 8 nitrogen and oxygen atoms in total. The number of hydrogen-bond donors (Lipinski definition) is 3. The molecule has 1 fully saturated rings. The van der Waals surface area contributed by atoms with E-state index < -0.39 is 34.9 Å². The van der Waals surface area contributed by atoms with Crippen LogP contribution in [0.4, 0.5) is 4.79 Å². The van der Waals surface area contributed by atoms with Gasteiger partial charge in [0.05, 0.1) is 18.5 Å². The highest BCUT2D eigenvalue weighted by Crippen LogP contribution is 2.40. The van der Waals surface area contributed by atoms with Crippen molar-refractivity contribution in [1.82, 2.24) is 15.5 Å². The van der Waals surface area contributed by atoms with Crippen LogP contribution in [0.1, 0.15) is 37.0 Å². The molecule has 2 aromatic carbocycles. The van der Waals surface area contributed by atoms with Gasteiger partial charge in [0.25, 0.3) is 5.91 Å². The monoisotopic (exact) mass is 573 g/mol. The Morgan fingerprint density at radius 3 is 2.54 bits per heavy atom. The predicted molar refractivity (Wildman–Crippen MR) is 158 cm³/mol. The molecule has 0 aliphatic carbocycles.